The molecule has 146 valence electrons. The van der Waals surface area contributed by atoms with E-state index in [0.29, 0.717) is 11.4 Å². The van der Waals surface area contributed by atoms with Crippen LogP contribution in [-0.2, 0) is 14.8 Å². The van der Waals surface area contributed by atoms with Gasteiger partial charge in [-0.3, -0.25) is 4.79 Å². The van der Waals surface area contributed by atoms with Gasteiger partial charge in [-0.15, -0.1) is 0 Å². The number of anilines is 1. The molecular formula is C17H16N4O5S2. The topological polar surface area (TPSA) is 142 Å². The number of carbonyl (C=O) groups excluding carboxylic acids is 1. The number of hydrogen-bond acceptors (Lipinski definition) is 7. The number of nitrogens with one attached hydrogen (secondary N) is 1. The molecule has 0 aliphatic carbocycles. The third-order valence-electron chi connectivity index (χ3n) is 3.68. The molecule has 11 heteroatoms. The van der Waals surface area contributed by atoms with E-state index < -0.39 is 21.2 Å². The quantitative estimate of drug-likeness (QED) is 0.443. The smallest absolute Gasteiger partial charge is 0.298 e. The van der Waals surface area contributed by atoms with Gasteiger partial charge in [-0.05, 0) is 47.6 Å². The SMILES string of the molecule is CC(Sc1c([O-])on[n+]1-c1ccccc1)C(=O)Nc1ccc(S(N)(=O)=O)cc1. The standard InChI is InChI=1S/C17H16N4O5S2/c1-11(15(22)19-12-7-9-14(10-8-12)28(18,24)25)27-16-17(23)26-20-21(16)13-5-3-2-4-6-13/h2-11H,1H3,(H3-,18,19,20,22,23,24,25). The Morgan fingerprint density at radius 3 is 2.46 bits per heavy atom. The number of amides is 1. The lowest BCUT2D eigenvalue weighted by Gasteiger charge is -2.10. The van der Waals surface area contributed by atoms with Crippen LogP contribution >= 0.6 is 11.8 Å². The van der Waals surface area contributed by atoms with E-state index in [1.807, 2.05) is 6.07 Å². The molecule has 1 amide bonds. The zero-order valence-electron chi connectivity index (χ0n) is 14.6. The Morgan fingerprint density at radius 1 is 1.21 bits per heavy atom. The summed E-state index contributed by atoms with van der Waals surface area (Å²) in [7, 11) is -3.81. The first-order chi connectivity index (χ1) is 13.3. The minimum Gasteiger partial charge on any atom is -0.538 e. The van der Waals surface area contributed by atoms with Gasteiger partial charge in [0.05, 0.1) is 15.4 Å². The van der Waals surface area contributed by atoms with E-state index in [-0.39, 0.29) is 15.8 Å². The van der Waals surface area contributed by atoms with Gasteiger partial charge in [0.1, 0.15) is 0 Å². The summed E-state index contributed by atoms with van der Waals surface area (Å²) in [6, 6.07) is 14.4. The van der Waals surface area contributed by atoms with E-state index in [2.05, 4.69) is 10.6 Å². The van der Waals surface area contributed by atoms with Gasteiger partial charge in [-0.1, -0.05) is 18.2 Å². The molecular weight excluding hydrogens is 404 g/mol. The number of hydrogen-bond donors (Lipinski definition) is 2. The summed E-state index contributed by atoms with van der Waals surface area (Å²) in [5.41, 5.74) is 1.02. The molecule has 3 aromatic rings. The average molecular weight is 420 g/mol. The van der Waals surface area contributed by atoms with Crippen LogP contribution in [0.15, 0.2) is 69.0 Å². The normalized spacial score (nSPS) is 12.5. The first-order valence-electron chi connectivity index (χ1n) is 8.00. The number of sulfonamides is 1. The lowest BCUT2D eigenvalue weighted by molar-refractivity contribution is -0.705. The third-order valence-corrected chi connectivity index (χ3v) is 5.74. The molecule has 1 unspecified atom stereocenters. The summed E-state index contributed by atoms with van der Waals surface area (Å²) in [5.74, 6) is -1.03. The highest BCUT2D eigenvalue weighted by Crippen LogP contribution is 2.28. The molecule has 9 nitrogen and oxygen atoms in total. The number of primary sulfonamides is 1. The van der Waals surface area contributed by atoms with Gasteiger partial charge >= 0.3 is 0 Å². The number of thioether (sulfide) groups is 1. The van der Waals surface area contributed by atoms with Crippen molar-refractivity contribution in [1.29, 1.82) is 0 Å². The molecule has 0 aliphatic heterocycles. The van der Waals surface area contributed by atoms with Crippen LogP contribution in [0, 0.1) is 0 Å². The summed E-state index contributed by atoms with van der Waals surface area (Å²) >= 11 is 0.999. The summed E-state index contributed by atoms with van der Waals surface area (Å²) in [5, 5.41) is 22.9. The molecule has 28 heavy (non-hydrogen) atoms. The molecule has 0 fully saturated rings. The summed E-state index contributed by atoms with van der Waals surface area (Å²) in [4.78, 5) is 12.4. The van der Waals surface area contributed by atoms with Gasteiger partial charge in [0, 0.05) is 17.8 Å². The predicted molar refractivity (Wildman–Crippen MR) is 99.2 cm³/mol. The van der Waals surface area contributed by atoms with E-state index in [4.69, 9.17) is 9.66 Å². The fourth-order valence-corrected chi connectivity index (χ4v) is 3.65. The van der Waals surface area contributed by atoms with Crippen molar-refractivity contribution in [2.24, 2.45) is 5.14 Å². The van der Waals surface area contributed by atoms with Gasteiger partial charge in [-0.25, -0.2) is 13.6 Å². The Hall–Kier alpha value is -2.89. The second-order valence-corrected chi connectivity index (χ2v) is 8.62. The maximum atomic E-state index is 12.4. The number of aromatic nitrogens is 2. The molecule has 0 saturated heterocycles. The molecule has 3 N–H and O–H groups in total. The van der Waals surface area contributed by atoms with Crippen LogP contribution < -0.4 is 20.2 Å². The molecule has 0 bridgehead atoms. The van der Waals surface area contributed by atoms with Crippen LogP contribution in [0.3, 0.4) is 0 Å². The zero-order chi connectivity index (χ0) is 20.3. The van der Waals surface area contributed by atoms with Gasteiger partial charge in [0.15, 0.2) is 5.95 Å². The van der Waals surface area contributed by atoms with Crippen molar-refractivity contribution in [3.63, 3.8) is 0 Å². The zero-order valence-corrected chi connectivity index (χ0v) is 16.2. The van der Waals surface area contributed by atoms with Crippen molar-refractivity contribution < 1.29 is 27.5 Å². The lowest BCUT2D eigenvalue weighted by Crippen LogP contribution is -2.36. The molecule has 1 atom stereocenters. The maximum absolute atomic E-state index is 12.4. The molecule has 1 aromatic heterocycles. The van der Waals surface area contributed by atoms with E-state index >= 15 is 0 Å². The second kappa shape index (κ2) is 8.00. The summed E-state index contributed by atoms with van der Waals surface area (Å²) in [6.45, 7) is 1.63. The second-order valence-electron chi connectivity index (χ2n) is 5.73. The number of benzene rings is 2. The number of rotatable bonds is 6. The number of para-hydroxylation sites is 1. The molecule has 0 aliphatic rings. The molecule has 0 radical (unpaired) electrons. The van der Waals surface area contributed by atoms with Gasteiger partial charge in [0.25, 0.3) is 5.03 Å². The fourth-order valence-electron chi connectivity index (χ4n) is 2.26. The van der Waals surface area contributed by atoms with Crippen molar-refractivity contribution in [2.75, 3.05) is 5.32 Å². The van der Waals surface area contributed by atoms with Crippen LogP contribution in [0.5, 0.6) is 5.95 Å². The molecule has 0 saturated carbocycles. The Kier molecular flexibility index (Phi) is 5.68. The van der Waals surface area contributed by atoms with Gasteiger partial charge in [-0.2, -0.15) is 0 Å². The van der Waals surface area contributed by atoms with Crippen LogP contribution in [0.4, 0.5) is 5.69 Å². The molecule has 1 heterocycles. The Balaban J connectivity index is 1.73. The summed E-state index contributed by atoms with van der Waals surface area (Å²) in [6.07, 6.45) is 0. The maximum Gasteiger partial charge on any atom is 0.298 e. The van der Waals surface area contributed by atoms with Crippen molar-refractivity contribution in [3.8, 4) is 11.6 Å². The highest BCUT2D eigenvalue weighted by Gasteiger charge is 2.26. The average Bonchev–Trinajstić information content (AvgIpc) is 3.02. The lowest BCUT2D eigenvalue weighted by atomic mass is 10.3. The minimum atomic E-state index is -3.81. The van der Waals surface area contributed by atoms with Crippen LogP contribution in [0.2, 0.25) is 0 Å². The van der Waals surface area contributed by atoms with Crippen LogP contribution in [0.25, 0.3) is 5.69 Å². The molecule has 0 spiro atoms. The van der Waals surface area contributed by atoms with E-state index in [0.717, 1.165) is 11.8 Å². The predicted octanol–water partition coefficient (Wildman–Crippen LogP) is 0.792. The van der Waals surface area contributed by atoms with Gasteiger partial charge < -0.3 is 14.9 Å². The van der Waals surface area contributed by atoms with Crippen LogP contribution in [-0.4, -0.2) is 24.8 Å². The van der Waals surface area contributed by atoms with E-state index in [1.54, 1.807) is 31.2 Å². The fraction of sp³-hybridized carbons (Fsp3) is 0.118. The number of nitrogens with two attached hydrogens (primary N) is 1. The van der Waals surface area contributed by atoms with Crippen molar-refractivity contribution in [3.05, 3.63) is 54.6 Å². The molecule has 3 rings (SSSR count). The number of carbonyl (C=O) groups is 1. The summed E-state index contributed by atoms with van der Waals surface area (Å²) < 4.78 is 28.6. The Morgan fingerprint density at radius 2 is 1.86 bits per heavy atom. The monoisotopic (exact) mass is 420 g/mol. The minimum absolute atomic E-state index is 0.0581. The first kappa shape index (κ1) is 19.9. The molecule has 2 aromatic carbocycles. The first-order valence-corrected chi connectivity index (χ1v) is 10.4. The van der Waals surface area contributed by atoms with E-state index in [1.165, 1.54) is 28.9 Å². The van der Waals surface area contributed by atoms with Gasteiger partial charge in [0.2, 0.25) is 21.6 Å². The highest BCUT2D eigenvalue weighted by molar-refractivity contribution is 8.00. The van der Waals surface area contributed by atoms with Crippen LogP contribution in [0.1, 0.15) is 6.92 Å². The number of nitrogens with zero attached hydrogens (tertiary/aromatic N) is 2. The van der Waals surface area contributed by atoms with E-state index in [9.17, 15) is 18.3 Å². The Bertz CT molecular complexity index is 1080. The van der Waals surface area contributed by atoms with Crippen molar-refractivity contribution >= 4 is 33.4 Å². The largest absolute Gasteiger partial charge is 0.538 e. The van der Waals surface area contributed by atoms with Crippen molar-refractivity contribution in [1.82, 2.24) is 5.27 Å². The third kappa shape index (κ3) is 4.50. The highest BCUT2D eigenvalue weighted by atomic mass is 32.2. The van der Waals surface area contributed by atoms with Crippen molar-refractivity contribution in [2.45, 2.75) is 22.1 Å². The Labute approximate surface area is 165 Å².